The summed E-state index contributed by atoms with van der Waals surface area (Å²) in [5, 5.41) is 1.49. The molecule has 0 aliphatic carbocycles. The van der Waals surface area contributed by atoms with Gasteiger partial charge < -0.3 is 0 Å². The zero-order valence-electron chi connectivity index (χ0n) is 9.18. The third-order valence-electron chi connectivity index (χ3n) is 1.67. The second-order valence-electron chi connectivity index (χ2n) is 2.94. The van der Waals surface area contributed by atoms with Gasteiger partial charge in [-0.05, 0) is 0 Å². The van der Waals surface area contributed by atoms with E-state index >= 15 is 0 Å². The van der Waals surface area contributed by atoms with Crippen LogP contribution >= 0.6 is 11.3 Å². The van der Waals surface area contributed by atoms with E-state index in [9.17, 15) is 9.59 Å². The van der Waals surface area contributed by atoms with Crippen molar-refractivity contribution in [3.05, 3.63) is 47.2 Å². The fourth-order valence-corrected chi connectivity index (χ4v) is 4.79. The Morgan fingerprint density at radius 2 is 1.47 bits per heavy atom. The Kier molecular flexibility index (Phi) is 6.71. The Hall–Kier alpha value is -0.441. The molecule has 0 saturated carbocycles. The minimum atomic E-state index is -0.0841. The van der Waals surface area contributed by atoms with E-state index in [1.165, 1.54) is 11.3 Å². The predicted molar refractivity (Wildman–Crippen MR) is 74.5 cm³/mol. The molecular formula is C12H12O2SSe2. The monoisotopic (exact) mass is 380 g/mol. The van der Waals surface area contributed by atoms with E-state index in [2.05, 4.69) is 13.2 Å². The van der Waals surface area contributed by atoms with Gasteiger partial charge in [-0.15, -0.1) is 0 Å². The SMILES string of the molecule is C=CC[Se]C(=O)c1ccc(C(=O)[Se]CC=C)s1. The Balaban J connectivity index is 2.63. The Labute approximate surface area is 117 Å². The van der Waals surface area contributed by atoms with E-state index < -0.39 is 0 Å². The van der Waals surface area contributed by atoms with Crippen molar-refractivity contribution in [2.24, 2.45) is 0 Å². The molecule has 1 aromatic heterocycles. The standard InChI is InChI=1S/C12H12O2SSe2/c1-3-7-16-11(13)9-5-6-10(15-9)12(14)17-8-4-2/h3-6H,1-2,7-8H2. The van der Waals surface area contributed by atoms with Gasteiger partial charge in [0, 0.05) is 0 Å². The molecule has 0 atom stereocenters. The molecule has 0 fully saturated rings. The first-order valence-corrected chi connectivity index (χ1v) is 9.80. The van der Waals surface area contributed by atoms with Gasteiger partial charge in [0.1, 0.15) is 0 Å². The molecule has 0 spiro atoms. The average Bonchev–Trinajstić information content (AvgIpc) is 2.82. The van der Waals surface area contributed by atoms with Crippen molar-refractivity contribution < 1.29 is 9.59 Å². The van der Waals surface area contributed by atoms with Crippen molar-refractivity contribution >= 4 is 50.6 Å². The number of allylic oxidation sites excluding steroid dienone is 2. The van der Waals surface area contributed by atoms with Crippen molar-refractivity contribution in [1.29, 1.82) is 0 Å². The van der Waals surface area contributed by atoms with Crippen LogP contribution in [0.15, 0.2) is 37.4 Å². The second kappa shape index (κ2) is 7.80. The maximum atomic E-state index is 11.7. The molecule has 1 aromatic rings. The van der Waals surface area contributed by atoms with Crippen molar-refractivity contribution in [1.82, 2.24) is 0 Å². The molecule has 0 unspecified atom stereocenters. The Morgan fingerprint density at radius 3 is 1.82 bits per heavy atom. The second-order valence-corrected chi connectivity index (χ2v) is 8.19. The molecule has 0 aliphatic heterocycles. The fourth-order valence-electron chi connectivity index (χ4n) is 0.969. The van der Waals surface area contributed by atoms with Crippen LogP contribution in [0.5, 0.6) is 0 Å². The summed E-state index contributed by atoms with van der Waals surface area (Å²) in [6.45, 7) is 7.20. The quantitative estimate of drug-likeness (QED) is 0.515. The van der Waals surface area contributed by atoms with Gasteiger partial charge in [0.25, 0.3) is 0 Å². The zero-order valence-corrected chi connectivity index (χ0v) is 13.4. The first-order chi connectivity index (χ1) is 8.19. The molecule has 0 amide bonds. The topological polar surface area (TPSA) is 34.1 Å². The molecule has 1 heterocycles. The van der Waals surface area contributed by atoms with Crippen LogP contribution in [0, 0.1) is 0 Å². The molecule has 0 N–H and O–H groups in total. The maximum absolute atomic E-state index is 11.7. The number of hydrogen-bond donors (Lipinski definition) is 0. The van der Waals surface area contributed by atoms with Crippen LogP contribution in [0.1, 0.15) is 19.3 Å². The minimum absolute atomic E-state index is 0.0841. The fraction of sp³-hybridized carbons (Fsp3) is 0.167. The average molecular weight is 378 g/mol. The van der Waals surface area contributed by atoms with Crippen LogP contribution in [0.25, 0.3) is 0 Å². The van der Waals surface area contributed by atoms with Gasteiger partial charge in [0.15, 0.2) is 0 Å². The van der Waals surface area contributed by atoms with Gasteiger partial charge in [-0.2, -0.15) is 0 Å². The Bertz CT molecular complexity index is 399. The summed E-state index contributed by atoms with van der Waals surface area (Å²) in [7, 11) is 0. The van der Waals surface area contributed by atoms with Crippen LogP contribution in [0.4, 0.5) is 0 Å². The van der Waals surface area contributed by atoms with Crippen LogP contribution in [0.3, 0.4) is 0 Å². The van der Waals surface area contributed by atoms with Gasteiger partial charge in [-0.3, -0.25) is 0 Å². The van der Waals surface area contributed by atoms with Gasteiger partial charge in [-0.25, -0.2) is 0 Å². The van der Waals surface area contributed by atoms with E-state index in [1.54, 1.807) is 24.3 Å². The van der Waals surface area contributed by atoms with Crippen LogP contribution in [-0.4, -0.2) is 39.3 Å². The number of carbonyl (C=O) groups is 2. The molecule has 17 heavy (non-hydrogen) atoms. The molecule has 1 rings (SSSR count). The third kappa shape index (κ3) is 4.74. The molecule has 0 saturated heterocycles. The van der Waals surface area contributed by atoms with Crippen LogP contribution in [-0.2, 0) is 0 Å². The molecule has 90 valence electrons. The summed E-state index contributed by atoms with van der Waals surface area (Å²) >= 11 is 1.15. The molecule has 0 aromatic carbocycles. The first-order valence-electron chi connectivity index (χ1n) is 4.85. The number of rotatable bonds is 8. The first kappa shape index (κ1) is 14.6. The number of hydrogen-bond acceptors (Lipinski definition) is 3. The molecule has 0 aliphatic rings. The summed E-state index contributed by atoms with van der Waals surface area (Å²) in [5.41, 5.74) is 0. The van der Waals surface area contributed by atoms with E-state index in [1.807, 2.05) is 0 Å². The summed E-state index contributed by atoms with van der Waals surface area (Å²) in [5.74, 6) is 0. The van der Waals surface area contributed by atoms with Crippen LogP contribution in [0.2, 0.25) is 10.6 Å². The Morgan fingerprint density at radius 1 is 1.06 bits per heavy atom. The number of carbonyl (C=O) groups excluding carboxylic acids is 2. The van der Waals surface area contributed by atoms with Gasteiger partial charge >= 0.3 is 118 Å². The summed E-state index contributed by atoms with van der Waals surface area (Å²) in [6.07, 6.45) is 3.51. The summed E-state index contributed by atoms with van der Waals surface area (Å²) in [6, 6.07) is 3.52. The number of thiophene rings is 1. The third-order valence-corrected chi connectivity index (χ3v) is 7.05. The van der Waals surface area contributed by atoms with Crippen molar-refractivity contribution in [2.75, 3.05) is 0 Å². The summed E-state index contributed by atoms with van der Waals surface area (Å²) < 4.78 is 0.301. The molecule has 5 heteroatoms. The van der Waals surface area contributed by atoms with E-state index in [0.717, 1.165) is 10.6 Å². The van der Waals surface area contributed by atoms with Gasteiger partial charge in [-0.1, -0.05) is 0 Å². The molecule has 2 nitrogen and oxygen atoms in total. The van der Waals surface area contributed by atoms with Gasteiger partial charge in [0.2, 0.25) is 0 Å². The summed E-state index contributed by atoms with van der Waals surface area (Å²) in [4.78, 5) is 24.8. The molecular weight excluding hydrogens is 366 g/mol. The van der Waals surface area contributed by atoms with Crippen LogP contribution < -0.4 is 0 Å². The molecule has 0 bridgehead atoms. The predicted octanol–water partition coefficient (Wildman–Crippen LogP) is 2.65. The van der Waals surface area contributed by atoms with Crippen molar-refractivity contribution in [3.8, 4) is 0 Å². The normalized spacial score (nSPS) is 9.88. The van der Waals surface area contributed by atoms with E-state index in [0.29, 0.717) is 9.75 Å². The van der Waals surface area contributed by atoms with E-state index in [4.69, 9.17) is 0 Å². The van der Waals surface area contributed by atoms with Gasteiger partial charge in [0.05, 0.1) is 0 Å². The zero-order chi connectivity index (χ0) is 12.7. The van der Waals surface area contributed by atoms with E-state index in [-0.39, 0.29) is 39.3 Å². The van der Waals surface area contributed by atoms with Crippen molar-refractivity contribution in [2.45, 2.75) is 10.6 Å². The van der Waals surface area contributed by atoms with Crippen molar-refractivity contribution in [3.63, 3.8) is 0 Å². The molecule has 0 radical (unpaired) electrons.